The monoisotopic (exact) mass is 417 g/mol. The van der Waals surface area contributed by atoms with E-state index >= 15 is 0 Å². The summed E-state index contributed by atoms with van der Waals surface area (Å²) in [5.41, 5.74) is 7.37. The Labute approximate surface area is 176 Å². The lowest BCUT2D eigenvalue weighted by Crippen LogP contribution is -2.51. The summed E-state index contributed by atoms with van der Waals surface area (Å²) in [4.78, 5) is 15.1. The molecule has 1 aliphatic carbocycles. The first-order valence-corrected chi connectivity index (χ1v) is 10.6. The summed E-state index contributed by atoms with van der Waals surface area (Å²) in [6.45, 7) is 2.59. The van der Waals surface area contributed by atoms with Crippen LogP contribution in [0.1, 0.15) is 47.7 Å². The Morgan fingerprint density at radius 3 is 2.76 bits per heavy atom. The van der Waals surface area contributed by atoms with E-state index in [9.17, 15) is 4.79 Å². The van der Waals surface area contributed by atoms with Crippen molar-refractivity contribution < 1.29 is 9.53 Å². The van der Waals surface area contributed by atoms with E-state index in [1.165, 1.54) is 5.56 Å². The van der Waals surface area contributed by atoms with Crippen molar-refractivity contribution in [3.63, 3.8) is 0 Å². The smallest absolute Gasteiger partial charge is 0.292 e. The molecule has 156 valence electrons. The topological polar surface area (TPSA) is 86.3 Å². The molecule has 2 N–H and O–H groups in total. The van der Waals surface area contributed by atoms with Crippen molar-refractivity contribution in [1.82, 2.24) is 19.7 Å². The van der Waals surface area contributed by atoms with E-state index in [-0.39, 0.29) is 17.4 Å². The van der Waals surface area contributed by atoms with Crippen LogP contribution >= 0.6 is 11.6 Å². The Balaban J connectivity index is 1.46. The number of aromatic nitrogens is 3. The number of nitrogens with zero attached hydrogens (tertiary/aromatic N) is 4. The molecule has 0 saturated heterocycles. The average Bonchev–Trinajstić information content (AvgIpc) is 3.16. The van der Waals surface area contributed by atoms with Crippen LogP contribution in [0.15, 0.2) is 24.3 Å². The lowest BCUT2D eigenvalue weighted by molar-refractivity contribution is 0.0520. The maximum Gasteiger partial charge on any atom is 0.292 e. The maximum absolute atomic E-state index is 13.1. The van der Waals surface area contributed by atoms with Crippen molar-refractivity contribution in [3.05, 3.63) is 46.5 Å². The number of carbonyl (C=O) groups excluding carboxylic acids is 1. The van der Waals surface area contributed by atoms with Crippen molar-refractivity contribution in [2.75, 3.05) is 26.8 Å². The number of methoxy groups -OCH3 is 1. The Hall–Kier alpha value is -1.96. The molecule has 1 aliphatic heterocycles. The Bertz CT molecular complexity index is 876. The van der Waals surface area contributed by atoms with E-state index in [0.717, 1.165) is 43.1 Å². The van der Waals surface area contributed by atoms with Crippen LogP contribution in [0.2, 0.25) is 5.02 Å². The van der Waals surface area contributed by atoms with E-state index in [4.69, 9.17) is 22.1 Å². The van der Waals surface area contributed by atoms with Crippen molar-refractivity contribution in [2.24, 2.45) is 5.73 Å². The molecule has 1 fully saturated rings. The number of benzene rings is 1. The van der Waals surface area contributed by atoms with Gasteiger partial charge in [0.25, 0.3) is 5.91 Å². The standard InChI is InChI=1S/C21H28ClN5O2/c1-29-12-7-18-24-25-19-20(28)26(10-11-27(18)19)17-5-8-21(14-23,9-6-17)15-3-2-4-16(22)13-15/h2-4,13,17H,5-12,14,23H2,1H3. The van der Waals surface area contributed by atoms with Gasteiger partial charge in [-0.1, -0.05) is 23.7 Å². The van der Waals surface area contributed by atoms with Gasteiger partial charge in [-0.05, 0) is 43.4 Å². The largest absolute Gasteiger partial charge is 0.384 e. The predicted octanol–water partition coefficient (Wildman–Crippen LogP) is 2.42. The number of amides is 1. The van der Waals surface area contributed by atoms with E-state index in [2.05, 4.69) is 16.3 Å². The molecule has 0 atom stereocenters. The summed E-state index contributed by atoms with van der Waals surface area (Å²) in [5.74, 6) is 1.26. The van der Waals surface area contributed by atoms with Crippen LogP contribution in [-0.2, 0) is 23.1 Å². The van der Waals surface area contributed by atoms with Crippen molar-refractivity contribution in [3.8, 4) is 0 Å². The molecular weight excluding hydrogens is 390 g/mol. The van der Waals surface area contributed by atoms with Crippen LogP contribution in [0, 0.1) is 0 Å². The average molecular weight is 418 g/mol. The van der Waals surface area contributed by atoms with Crippen LogP contribution in [0.3, 0.4) is 0 Å². The normalized spacial score (nSPS) is 24.6. The molecule has 1 aromatic carbocycles. The molecular formula is C21H28ClN5O2. The van der Waals surface area contributed by atoms with E-state index < -0.39 is 0 Å². The Kier molecular flexibility index (Phi) is 5.90. The first-order chi connectivity index (χ1) is 14.1. The number of nitrogens with two attached hydrogens (primary N) is 1. The molecule has 1 saturated carbocycles. The maximum atomic E-state index is 13.1. The highest BCUT2D eigenvalue weighted by atomic mass is 35.5. The number of ether oxygens (including phenoxy) is 1. The van der Waals surface area contributed by atoms with Crippen molar-refractivity contribution in [1.29, 1.82) is 0 Å². The van der Waals surface area contributed by atoms with Gasteiger partial charge in [0.1, 0.15) is 5.82 Å². The molecule has 0 bridgehead atoms. The summed E-state index contributed by atoms with van der Waals surface area (Å²) in [6, 6.07) is 8.25. The van der Waals surface area contributed by atoms with E-state index in [1.54, 1.807) is 7.11 Å². The number of rotatable bonds is 6. The number of fused-ring (bicyclic) bond motifs is 1. The summed E-state index contributed by atoms with van der Waals surface area (Å²) >= 11 is 6.22. The van der Waals surface area contributed by atoms with Crippen molar-refractivity contribution >= 4 is 17.5 Å². The van der Waals surface area contributed by atoms with Gasteiger partial charge in [0.15, 0.2) is 0 Å². The van der Waals surface area contributed by atoms with Gasteiger partial charge in [-0.25, -0.2) is 0 Å². The van der Waals surface area contributed by atoms with Gasteiger partial charge < -0.3 is 19.9 Å². The predicted molar refractivity (Wildman–Crippen MR) is 111 cm³/mol. The number of hydrogen-bond acceptors (Lipinski definition) is 5. The molecule has 0 radical (unpaired) electrons. The molecule has 0 spiro atoms. The van der Waals surface area contributed by atoms with Crippen LogP contribution in [0.25, 0.3) is 0 Å². The summed E-state index contributed by atoms with van der Waals surface area (Å²) < 4.78 is 7.07. The molecule has 1 amide bonds. The summed E-state index contributed by atoms with van der Waals surface area (Å²) in [6.07, 6.45) is 4.42. The van der Waals surface area contributed by atoms with Crippen LogP contribution < -0.4 is 5.73 Å². The highest BCUT2D eigenvalue weighted by Crippen LogP contribution is 2.41. The van der Waals surface area contributed by atoms with Crippen LogP contribution in [0.5, 0.6) is 0 Å². The molecule has 0 unspecified atom stereocenters. The zero-order valence-corrected chi connectivity index (χ0v) is 17.6. The number of hydrogen-bond donors (Lipinski definition) is 1. The fourth-order valence-electron chi connectivity index (χ4n) is 4.79. The zero-order valence-electron chi connectivity index (χ0n) is 16.8. The van der Waals surface area contributed by atoms with Gasteiger partial charge in [0, 0.05) is 49.6 Å². The number of carbonyl (C=O) groups is 1. The molecule has 1 aromatic heterocycles. The molecule has 2 aromatic rings. The second kappa shape index (κ2) is 8.42. The quantitative estimate of drug-likeness (QED) is 0.779. The first kappa shape index (κ1) is 20.3. The minimum absolute atomic E-state index is 0.0135. The second-order valence-electron chi connectivity index (χ2n) is 8.06. The van der Waals surface area contributed by atoms with E-state index in [0.29, 0.717) is 31.9 Å². The minimum Gasteiger partial charge on any atom is -0.384 e. The summed E-state index contributed by atoms with van der Waals surface area (Å²) in [5, 5.41) is 9.12. The van der Waals surface area contributed by atoms with Gasteiger partial charge in [-0.3, -0.25) is 4.79 Å². The van der Waals surface area contributed by atoms with Gasteiger partial charge in [-0.2, -0.15) is 0 Å². The van der Waals surface area contributed by atoms with Crippen LogP contribution in [-0.4, -0.2) is 58.4 Å². The van der Waals surface area contributed by atoms with Gasteiger partial charge >= 0.3 is 0 Å². The third kappa shape index (κ3) is 3.79. The van der Waals surface area contributed by atoms with Gasteiger partial charge in [0.05, 0.1) is 6.61 Å². The fourth-order valence-corrected chi connectivity index (χ4v) is 4.98. The van der Waals surface area contributed by atoms with Crippen molar-refractivity contribution in [2.45, 2.75) is 50.1 Å². The first-order valence-electron chi connectivity index (χ1n) is 10.3. The number of halogens is 1. The fraction of sp³-hybridized carbons (Fsp3) is 0.571. The molecule has 2 heterocycles. The van der Waals surface area contributed by atoms with Crippen LogP contribution in [0.4, 0.5) is 0 Å². The molecule has 7 nitrogen and oxygen atoms in total. The van der Waals surface area contributed by atoms with Gasteiger partial charge in [0.2, 0.25) is 5.82 Å². The molecule has 29 heavy (non-hydrogen) atoms. The minimum atomic E-state index is -0.0619. The zero-order chi connectivity index (χ0) is 20.4. The lowest BCUT2D eigenvalue weighted by atomic mass is 9.68. The second-order valence-corrected chi connectivity index (χ2v) is 8.50. The highest BCUT2D eigenvalue weighted by Gasteiger charge is 2.40. The lowest BCUT2D eigenvalue weighted by Gasteiger charge is -2.44. The molecule has 2 aliphatic rings. The SMILES string of the molecule is COCCc1nnc2n1CCN(C1CCC(CN)(c3cccc(Cl)c3)CC1)C2=O. The van der Waals surface area contributed by atoms with Gasteiger partial charge in [-0.15, -0.1) is 10.2 Å². The van der Waals surface area contributed by atoms with E-state index in [1.807, 2.05) is 27.7 Å². The summed E-state index contributed by atoms with van der Waals surface area (Å²) in [7, 11) is 1.66. The highest BCUT2D eigenvalue weighted by molar-refractivity contribution is 6.30. The third-order valence-corrected chi connectivity index (χ3v) is 6.79. The molecule has 8 heteroatoms. The Morgan fingerprint density at radius 2 is 2.07 bits per heavy atom. The molecule has 4 rings (SSSR count). The Morgan fingerprint density at radius 1 is 1.28 bits per heavy atom. The third-order valence-electron chi connectivity index (χ3n) is 6.55.